The summed E-state index contributed by atoms with van der Waals surface area (Å²) in [6.45, 7) is 1.72. The summed E-state index contributed by atoms with van der Waals surface area (Å²) >= 11 is 4.19. The van der Waals surface area contributed by atoms with Crippen LogP contribution in [0.2, 0.25) is 0 Å². The number of hydrogen-bond donors (Lipinski definition) is 2. The molecule has 0 aliphatic rings. The molecule has 1 rings (SSSR count). The third kappa shape index (κ3) is 2.57. The summed E-state index contributed by atoms with van der Waals surface area (Å²) in [7, 11) is 0. The average molecular weight is 195 g/mol. The summed E-state index contributed by atoms with van der Waals surface area (Å²) < 4.78 is 0. The lowest BCUT2D eigenvalue weighted by Crippen LogP contribution is -2.37. The molecule has 0 saturated heterocycles. The molecule has 0 heterocycles. The van der Waals surface area contributed by atoms with E-state index in [2.05, 4.69) is 12.6 Å². The highest BCUT2D eigenvalue weighted by Gasteiger charge is 2.26. The van der Waals surface area contributed by atoms with Crippen LogP contribution < -0.4 is 5.73 Å². The predicted molar refractivity (Wildman–Crippen MR) is 56.8 cm³/mol. The summed E-state index contributed by atoms with van der Waals surface area (Å²) in [5.74, 6) is -0.364. The molecule has 0 bridgehead atoms. The Morgan fingerprint density at radius 1 is 1.46 bits per heavy atom. The van der Waals surface area contributed by atoms with Crippen molar-refractivity contribution in [2.45, 2.75) is 17.7 Å². The number of aldehydes is 1. The standard InChI is InChI=1S/C10H13NOS/c1-10(11,13)9(7-12)8-5-3-2-4-6-8/h2-7,9,13H,11H2,1H3. The molecule has 0 aromatic heterocycles. The van der Waals surface area contributed by atoms with Gasteiger partial charge in [-0.05, 0) is 12.5 Å². The molecule has 0 aliphatic carbocycles. The second-order valence-corrected chi connectivity index (χ2v) is 4.21. The first kappa shape index (κ1) is 10.3. The van der Waals surface area contributed by atoms with Gasteiger partial charge in [-0.3, -0.25) is 0 Å². The van der Waals surface area contributed by atoms with Gasteiger partial charge in [-0.1, -0.05) is 30.3 Å². The maximum Gasteiger partial charge on any atom is 0.130 e. The largest absolute Gasteiger partial charge is 0.316 e. The third-order valence-corrected chi connectivity index (χ3v) is 2.20. The number of nitrogens with two attached hydrogens (primary N) is 1. The molecule has 0 fully saturated rings. The molecular formula is C10H13NOS. The van der Waals surface area contributed by atoms with Gasteiger partial charge < -0.3 is 10.5 Å². The quantitative estimate of drug-likeness (QED) is 0.437. The van der Waals surface area contributed by atoms with E-state index in [4.69, 9.17) is 5.73 Å². The highest BCUT2D eigenvalue weighted by atomic mass is 32.1. The van der Waals surface area contributed by atoms with Crippen molar-refractivity contribution in [2.75, 3.05) is 0 Å². The fourth-order valence-corrected chi connectivity index (χ4v) is 1.42. The summed E-state index contributed by atoms with van der Waals surface area (Å²) in [5.41, 5.74) is 6.66. The molecule has 2 unspecified atom stereocenters. The van der Waals surface area contributed by atoms with Crippen molar-refractivity contribution in [3.63, 3.8) is 0 Å². The summed E-state index contributed by atoms with van der Waals surface area (Å²) in [4.78, 5) is 10.0. The van der Waals surface area contributed by atoms with Crippen LogP contribution in [0.5, 0.6) is 0 Å². The monoisotopic (exact) mass is 195 g/mol. The lowest BCUT2D eigenvalue weighted by atomic mass is 9.94. The Kier molecular flexibility index (Phi) is 3.12. The van der Waals surface area contributed by atoms with Gasteiger partial charge in [0.15, 0.2) is 0 Å². The van der Waals surface area contributed by atoms with Crippen molar-refractivity contribution in [2.24, 2.45) is 5.73 Å². The Bertz CT molecular complexity index is 279. The Hall–Kier alpha value is -0.800. The van der Waals surface area contributed by atoms with E-state index in [9.17, 15) is 4.79 Å². The topological polar surface area (TPSA) is 43.1 Å². The van der Waals surface area contributed by atoms with Crippen molar-refractivity contribution in [3.05, 3.63) is 35.9 Å². The minimum Gasteiger partial charge on any atom is -0.316 e. The van der Waals surface area contributed by atoms with Crippen molar-refractivity contribution in [1.29, 1.82) is 0 Å². The molecule has 2 atom stereocenters. The van der Waals surface area contributed by atoms with Gasteiger partial charge in [0.25, 0.3) is 0 Å². The molecular weight excluding hydrogens is 182 g/mol. The number of rotatable bonds is 3. The minimum absolute atomic E-state index is 0.364. The zero-order chi connectivity index (χ0) is 9.90. The number of carbonyl (C=O) groups excluding carboxylic acids is 1. The highest BCUT2D eigenvalue weighted by molar-refractivity contribution is 7.81. The molecule has 3 heteroatoms. The molecule has 2 nitrogen and oxygen atoms in total. The van der Waals surface area contributed by atoms with E-state index in [-0.39, 0.29) is 5.92 Å². The lowest BCUT2D eigenvalue weighted by molar-refractivity contribution is -0.109. The first-order valence-electron chi connectivity index (χ1n) is 4.07. The van der Waals surface area contributed by atoms with E-state index >= 15 is 0 Å². The Morgan fingerprint density at radius 2 is 2.00 bits per heavy atom. The van der Waals surface area contributed by atoms with Gasteiger partial charge in [0.1, 0.15) is 6.29 Å². The highest BCUT2D eigenvalue weighted by Crippen LogP contribution is 2.26. The number of benzene rings is 1. The van der Waals surface area contributed by atoms with Crippen LogP contribution in [0.15, 0.2) is 30.3 Å². The number of hydrogen-bond acceptors (Lipinski definition) is 3. The van der Waals surface area contributed by atoms with Crippen molar-refractivity contribution in [1.82, 2.24) is 0 Å². The predicted octanol–water partition coefficient (Wildman–Crippen LogP) is 1.57. The molecule has 0 amide bonds. The molecule has 0 spiro atoms. The van der Waals surface area contributed by atoms with Gasteiger partial charge in [-0.15, -0.1) is 0 Å². The maximum atomic E-state index is 10.8. The normalized spacial score (nSPS) is 17.5. The van der Waals surface area contributed by atoms with Crippen LogP contribution in [0.25, 0.3) is 0 Å². The fourth-order valence-electron chi connectivity index (χ4n) is 1.21. The van der Waals surface area contributed by atoms with Gasteiger partial charge in [-0.2, -0.15) is 12.6 Å². The van der Waals surface area contributed by atoms with Gasteiger partial charge >= 0.3 is 0 Å². The Labute approximate surface area is 83.5 Å². The molecule has 0 radical (unpaired) electrons. The van der Waals surface area contributed by atoms with Crippen molar-refractivity contribution < 1.29 is 4.79 Å². The van der Waals surface area contributed by atoms with E-state index in [1.807, 2.05) is 30.3 Å². The summed E-state index contributed by atoms with van der Waals surface area (Å²) in [6, 6.07) is 9.41. The van der Waals surface area contributed by atoms with Crippen LogP contribution >= 0.6 is 12.6 Å². The third-order valence-electron chi connectivity index (χ3n) is 1.92. The zero-order valence-electron chi connectivity index (χ0n) is 7.47. The SMILES string of the molecule is CC(N)(S)C(C=O)c1ccccc1. The summed E-state index contributed by atoms with van der Waals surface area (Å²) in [5, 5.41) is 0. The smallest absolute Gasteiger partial charge is 0.130 e. The molecule has 0 saturated carbocycles. The molecule has 0 aliphatic heterocycles. The minimum atomic E-state index is -0.802. The van der Waals surface area contributed by atoms with Crippen LogP contribution in [0.4, 0.5) is 0 Å². The van der Waals surface area contributed by atoms with E-state index in [1.165, 1.54) is 0 Å². The Morgan fingerprint density at radius 3 is 2.38 bits per heavy atom. The second kappa shape index (κ2) is 3.94. The fraction of sp³-hybridized carbons (Fsp3) is 0.300. The number of carbonyl (C=O) groups is 1. The van der Waals surface area contributed by atoms with Gasteiger partial charge in [0.2, 0.25) is 0 Å². The molecule has 1 aromatic carbocycles. The average Bonchev–Trinajstić information content (AvgIpc) is 2.05. The van der Waals surface area contributed by atoms with Crippen LogP contribution in [0.1, 0.15) is 18.4 Å². The summed E-state index contributed by atoms with van der Waals surface area (Å²) in [6.07, 6.45) is 0.836. The zero-order valence-corrected chi connectivity index (χ0v) is 8.37. The first-order valence-corrected chi connectivity index (χ1v) is 4.52. The van der Waals surface area contributed by atoms with Gasteiger partial charge in [-0.25, -0.2) is 0 Å². The van der Waals surface area contributed by atoms with Crippen LogP contribution in [-0.4, -0.2) is 11.2 Å². The lowest BCUT2D eigenvalue weighted by Gasteiger charge is -2.24. The van der Waals surface area contributed by atoms with E-state index < -0.39 is 4.87 Å². The molecule has 2 N–H and O–H groups in total. The Balaban J connectivity index is 2.99. The maximum absolute atomic E-state index is 10.8. The van der Waals surface area contributed by atoms with Gasteiger partial charge in [0, 0.05) is 0 Å². The van der Waals surface area contributed by atoms with E-state index in [0.717, 1.165) is 11.8 Å². The molecule has 13 heavy (non-hydrogen) atoms. The molecule has 1 aromatic rings. The van der Waals surface area contributed by atoms with E-state index in [1.54, 1.807) is 6.92 Å². The second-order valence-electron chi connectivity index (χ2n) is 3.25. The van der Waals surface area contributed by atoms with Crippen molar-refractivity contribution >= 4 is 18.9 Å². The van der Waals surface area contributed by atoms with Crippen LogP contribution in [0, 0.1) is 0 Å². The van der Waals surface area contributed by atoms with E-state index in [0.29, 0.717) is 0 Å². The van der Waals surface area contributed by atoms with Crippen LogP contribution in [0.3, 0.4) is 0 Å². The van der Waals surface area contributed by atoms with Crippen LogP contribution in [-0.2, 0) is 4.79 Å². The number of thiol groups is 1. The van der Waals surface area contributed by atoms with Crippen molar-refractivity contribution in [3.8, 4) is 0 Å². The first-order chi connectivity index (χ1) is 6.05. The molecule has 70 valence electrons. The van der Waals surface area contributed by atoms with Gasteiger partial charge in [0.05, 0.1) is 10.8 Å².